The van der Waals surface area contributed by atoms with Crippen molar-refractivity contribution >= 4 is 18.0 Å². The number of carbonyl (C=O) groups is 3. The Bertz CT molecular complexity index is 757. The van der Waals surface area contributed by atoms with Crippen LogP contribution in [0.4, 0.5) is 4.79 Å². The fourth-order valence-corrected chi connectivity index (χ4v) is 1.96. The standard InChI is InChI=1S/C19H19NO6/c1-13(17(21)20-19(23)24-2)26-18(22)15-8-10-16(11-9-15)25-12-14-6-4-3-5-7-14/h3-11,13H,12H2,1-2H3,(H,20,21,23)/t13-/m0/s1. The quantitative estimate of drug-likeness (QED) is 0.800. The lowest BCUT2D eigenvalue weighted by Gasteiger charge is -2.12. The zero-order valence-electron chi connectivity index (χ0n) is 14.4. The van der Waals surface area contributed by atoms with Crippen molar-refractivity contribution in [3.8, 4) is 5.75 Å². The molecule has 7 nitrogen and oxygen atoms in total. The Kier molecular flexibility index (Phi) is 6.73. The number of imide groups is 1. The number of benzene rings is 2. The third-order valence-corrected chi connectivity index (χ3v) is 3.40. The lowest BCUT2D eigenvalue weighted by Crippen LogP contribution is -2.39. The number of rotatable bonds is 6. The average Bonchev–Trinajstić information content (AvgIpc) is 2.67. The zero-order chi connectivity index (χ0) is 18.9. The second-order valence-corrected chi connectivity index (χ2v) is 5.33. The number of nitrogens with one attached hydrogen (secondary N) is 1. The summed E-state index contributed by atoms with van der Waals surface area (Å²) in [5, 5.41) is 1.93. The lowest BCUT2D eigenvalue weighted by molar-refractivity contribution is -0.128. The molecule has 2 rings (SSSR count). The Hall–Kier alpha value is -3.35. The molecule has 0 aromatic heterocycles. The summed E-state index contributed by atoms with van der Waals surface area (Å²) in [4.78, 5) is 34.7. The van der Waals surface area contributed by atoms with E-state index in [2.05, 4.69) is 4.74 Å². The van der Waals surface area contributed by atoms with Gasteiger partial charge >= 0.3 is 12.1 Å². The monoisotopic (exact) mass is 357 g/mol. The van der Waals surface area contributed by atoms with Crippen LogP contribution < -0.4 is 10.1 Å². The van der Waals surface area contributed by atoms with Crippen molar-refractivity contribution in [2.45, 2.75) is 19.6 Å². The molecule has 0 saturated heterocycles. The number of hydrogen-bond donors (Lipinski definition) is 1. The third-order valence-electron chi connectivity index (χ3n) is 3.40. The van der Waals surface area contributed by atoms with Crippen molar-refractivity contribution in [3.05, 3.63) is 65.7 Å². The zero-order valence-corrected chi connectivity index (χ0v) is 14.4. The molecule has 2 aromatic carbocycles. The second kappa shape index (κ2) is 9.22. The fourth-order valence-electron chi connectivity index (χ4n) is 1.96. The van der Waals surface area contributed by atoms with Crippen molar-refractivity contribution in [1.82, 2.24) is 5.32 Å². The molecule has 0 heterocycles. The van der Waals surface area contributed by atoms with E-state index >= 15 is 0 Å². The molecule has 1 atom stereocenters. The van der Waals surface area contributed by atoms with E-state index in [-0.39, 0.29) is 5.56 Å². The van der Waals surface area contributed by atoms with Crippen LogP contribution in [0.25, 0.3) is 0 Å². The predicted octanol–water partition coefficient (Wildman–Crippen LogP) is 2.69. The van der Waals surface area contributed by atoms with Crippen molar-refractivity contribution in [3.63, 3.8) is 0 Å². The number of carbonyl (C=O) groups excluding carboxylic acids is 3. The minimum absolute atomic E-state index is 0.259. The second-order valence-electron chi connectivity index (χ2n) is 5.33. The van der Waals surface area contributed by atoms with Gasteiger partial charge in [0.2, 0.25) is 0 Å². The molecule has 0 aliphatic heterocycles. The molecule has 0 unspecified atom stereocenters. The summed E-state index contributed by atoms with van der Waals surface area (Å²) < 4.78 is 15.0. The Morgan fingerprint density at radius 1 is 1.00 bits per heavy atom. The van der Waals surface area contributed by atoms with E-state index in [4.69, 9.17) is 9.47 Å². The first kappa shape index (κ1) is 19.0. The van der Waals surface area contributed by atoms with Gasteiger partial charge in [0.1, 0.15) is 12.4 Å². The maximum absolute atomic E-state index is 12.0. The van der Waals surface area contributed by atoms with Gasteiger partial charge in [0.05, 0.1) is 12.7 Å². The molecular weight excluding hydrogens is 338 g/mol. The first-order chi connectivity index (χ1) is 12.5. The smallest absolute Gasteiger partial charge is 0.413 e. The highest BCUT2D eigenvalue weighted by Gasteiger charge is 2.21. The summed E-state index contributed by atoms with van der Waals surface area (Å²) >= 11 is 0. The van der Waals surface area contributed by atoms with Crippen LogP contribution in [0.1, 0.15) is 22.8 Å². The number of amides is 2. The van der Waals surface area contributed by atoms with E-state index in [1.165, 1.54) is 19.1 Å². The summed E-state index contributed by atoms with van der Waals surface area (Å²) in [7, 11) is 1.13. The molecule has 0 spiro atoms. The Morgan fingerprint density at radius 2 is 1.65 bits per heavy atom. The molecule has 0 aliphatic rings. The maximum atomic E-state index is 12.0. The summed E-state index contributed by atoms with van der Waals surface area (Å²) in [5.74, 6) is -0.859. The highest BCUT2D eigenvalue weighted by Crippen LogP contribution is 2.15. The number of alkyl carbamates (subject to hydrolysis) is 1. The first-order valence-corrected chi connectivity index (χ1v) is 7.86. The van der Waals surface area contributed by atoms with E-state index in [1.54, 1.807) is 12.1 Å². The SMILES string of the molecule is COC(=O)NC(=O)[C@H](C)OC(=O)c1ccc(OCc2ccccc2)cc1. The molecule has 136 valence electrons. The van der Waals surface area contributed by atoms with E-state index in [9.17, 15) is 14.4 Å². The van der Waals surface area contributed by atoms with Crippen LogP contribution in [-0.2, 0) is 20.9 Å². The molecule has 2 amide bonds. The fraction of sp³-hybridized carbons (Fsp3) is 0.211. The minimum Gasteiger partial charge on any atom is -0.489 e. The Labute approximate surface area is 150 Å². The lowest BCUT2D eigenvalue weighted by atomic mass is 10.2. The molecule has 0 fully saturated rings. The van der Waals surface area contributed by atoms with Crippen LogP contribution in [-0.4, -0.2) is 31.2 Å². The van der Waals surface area contributed by atoms with Crippen LogP contribution in [0.15, 0.2) is 54.6 Å². The van der Waals surface area contributed by atoms with Crippen LogP contribution in [0.3, 0.4) is 0 Å². The first-order valence-electron chi connectivity index (χ1n) is 7.86. The number of esters is 1. The highest BCUT2D eigenvalue weighted by molar-refractivity contribution is 5.97. The van der Waals surface area contributed by atoms with E-state index in [1.807, 2.05) is 35.6 Å². The molecule has 0 saturated carbocycles. The number of hydrogen-bond acceptors (Lipinski definition) is 6. The van der Waals surface area contributed by atoms with Gasteiger partial charge in [-0.1, -0.05) is 30.3 Å². The van der Waals surface area contributed by atoms with E-state index in [0.29, 0.717) is 12.4 Å². The number of ether oxygens (including phenoxy) is 3. The minimum atomic E-state index is -1.14. The number of methoxy groups -OCH3 is 1. The largest absolute Gasteiger partial charge is 0.489 e. The molecule has 26 heavy (non-hydrogen) atoms. The van der Waals surface area contributed by atoms with Crippen molar-refractivity contribution in [2.24, 2.45) is 0 Å². The van der Waals surface area contributed by atoms with Crippen molar-refractivity contribution in [2.75, 3.05) is 7.11 Å². The van der Waals surface area contributed by atoms with Gasteiger partial charge in [-0.3, -0.25) is 10.1 Å². The van der Waals surface area contributed by atoms with Gasteiger partial charge < -0.3 is 14.2 Å². The molecule has 0 bridgehead atoms. The third kappa shape index (κ3) is 5.62. The Morgan fingerprint density at radius 3 is 2.27 bits per heavy atom. The van der Waals surface area contributed by atoms with Gasteiger partial charge in [0.15, 0.2) is 6.10 Å². The van der Waals surface area contributed by atoms with Gasteiger partial charge in [-0.05, 0) is 36.8 Å². The van der Waals surface area contributed by atoms with Gasteiger partial charge in [-0.2, -0.15) is 0 Å². The topological polar surface area (TPSA) is 90.9 Å². The van der Waals surface area contributed by atoms with Gasteiger partial charge in [0.25, 0.3) is 5.91 Å². The predicted molar refractivity (Wildman–Crippen MR) is 92.6 cm³/mol. The Balaban J connectivity index is 1.87. The molecule has 0 aliphatic carbocycles. The summed E-state index contributed by atoms with van der Waals surface area (Å²) in [5.41, 5.74) is 1.29. The maximum Gasteiger partial charge on any atom is 0.413 e. The highest BCUT2D eigenvalue weighted by atomic mass is 16.6. The summed E-state index contributed by atoms with van der Waals surface area (Å²) in [6.07, 6.45) is -2.06. The molecule has 0 radical (unpaired) electrons. The van der Waals surface area contributed by atoms with E-state index in [0.717, 1.165) is 12.7 Å². The summed E-state index contributed by atoms with van der Waals surface area (Å²) in [6.45, 7) is 1.77. The molecule has 2 aromatic rings. The normalized spacial score (nSPS) is 11.2. The van der Waals surface area contributed by atoms with Crippen LogP contribution in [0.2, 0.25) is 0 Å². The van der Waals surface area contributed by atoms with Crippen molar-refractivity contribution < 1.29 is 28.6 Å². The molecule has 1 N–H and O–H groups in total. The van der Waals surface area contributed by atoms with Crippen LogP contribution in [0, 0.1) is 0 Å². The van der Waals surface area contributed by atoms with Crippen LogP contribution in [0.5, 0.6) is 5.75 Å². The van der Waals surface area contributed by atoms with Gasteiger partial charge in [-0.15, -0.1) is 0 Å². The summed E-state index contributed by atoms with van der Waals surface area (Å²) in [6, 6.07) is 16.0. The van der Waals surface area contributed by atoms with E-state index < -0.39 is 24.1 Å². The van der Waals surface area contributed by atoms with Gasteiger partial charge in [-0.25, -0.2) is 9.59 Å². The van der Waals surface area contributed by atoms with Gasteiger partial charge in [0, 0.05) is 0 Å². The average molecular weight is 357 g/mol. The molecular formula is C19H19NO6. The van der Waals surface area contributed by atoms with Crippen molar-refractivity contribution in [1.29, 1.82) is 0 Å². The van der Waals surface area contributed by atoms with Crippen LogP contribution >= 0.6 is 0 Å². The molecule has 7 heteroatoms.